The molecule has 3 N–H and O–H groups in total. The van der Waals surface area contributed by atoms with E-state index < -0.39 is 0 Å². The van der Waals surface area contributed by atoms with Crippen LogP contribution >= 0.6 is 0 Å². The number of anilines is 1. The highest BCUT2D eigenvalue weighted by molar-refractivity contribution is 5.41. The van der Waals surface area contributed by atoms with Crippen LogP contribution in [0.2, 0.25) is 0 Å². The fraction of sp³-hybridized carbons (Fsp3) is 0.625. The fourth-order valence-electron chi connectivity index (χ4n) is 2.76. The maximum absolute atomic E-state index is 9.46. The Bertz CT molecular complexity index is 381. The molecule has 1 atom stereocenters. The van der Waals surface area contributed by atoms with Crippen molar-refractivity contribution in [2.45, 2.75) is 38.1 Å². The Morgan fingerprint density at radius 3 is 2.75 bits per heavy atom. The van der Waals surface area contributed by atoms with Gasteiger partial charge < -0.3 is 15.6 Å². The van der Waals surface area contributed by atoms with Gasteiger partial charge in [0.2, 0.25) is 0 Å². The van der Waals surface area contributed by atoms with Gasteiger partial charge in [0.1, 0.15) is 5.75 Å². The standard InChI is InChI=1S/C16H26N2O2/c17-14-6-8-16(9-7-14)20-12-4-11-18-10-3-1-2-5-15(18)13-19/h6-9,15,19H,1-5,10-13,17H2. The van der Waals surface area contributed by atoms with Crippen molar-refractivity contribution < 1.29 is 9.84 Å². The minimum absolute atomic E-state index is 0.277. The first-order chi connectivity index (χ1) is 9.79. The number of rotatable bonds is 6. The van der Waals surface area contributed by atoms with Gasteiger partial charge in [0.15, 0.2) is 0 Å². The first-order valence-electron chi connectivity index (χ1n) is 7.63. The summed E-state index contributed by atoms with van der Waals surface area (Å²) in [5, 5.41) is 9.46. The van der Waals surface area contributed by atoms with E-state index in [1.54, 1.807) is 0 Å². The summed E-state index contributed by atoms with van der Waals surface area (Å²) in [6.45, 7) is 3.09. The van der Waals surface area contributed by atoms with Crippen molar-refractivity contribution in [1.29, 1.82) is 0 Å². The summed E-state index contributed by atoms with van der Waals surface area (Å²) in [6.07, 6.45) is 5.88. The number of nitrogens with zero attached hydrogens (tertiary/aromatic N) is 1. The van der Waals surface area contributed by atoms with Gasteiger partial charge in [-0.3, -0.25) is 4.90 Å². The zero-order valence-electron chi connectivity index (χ0n) is 12.1. The third kappa shape index (κ3) is 4.69. The lowest BCUT2D eigenvalue weighted by Gasteiger charge is -2.28. The largest absolute Gasteiger partial charge is 0.494 e. The number of nitrogen functional groups attached to an aromatic ring is 1. The summed E-state index contributed by atoms with van der Waals surface area (Å²) in [4.78, 5) is 2.42. The van der Waals surface area contributed by atoms with Crippen LogP contribution in [-0.2, 0) is 0 Å². The molecular formula is C16H26N2O2. The molecule has 1 unspecified atom stereocenters. The minimum atomic E-state index is 0.277. The molecule has 2 rings (SSSR count). The van der Waals surface area contributed by atoms with E-state index in [-0.39, 0.29) is 6.61 Å². The van der Waals surface area contributed by atoms with Crippen LogP contribution in [-0.4, -0.2) is 42.4 Å². The van der Waals surface area contributed by atoms with Crippen LogP contribution in [0.1, 0.15) is 32.1 Å². The number of ether oxygens (including phenoxy) is 1. The first-order valence-corrected chi connectivity index (χ1v) is 7.63. The number of nitrogens with two attached hydrogens (primary N) is 1. The van der Waals surface area contributed by atoms with E-state index in [9.17, 15) is 5.11 Å². The molecule has 112 valence electrons. The van der Waals surface area contributed by atoms with Gasteiger partial charge in [-0.2, -0.15) is 0 Å². The predicted molar refractivity (Wildman–Crippen MR) is 81.9 cm³/mol. The Kier molecular flexibility index (Phi) is 6.15. The highest BCUT2D eigenvalue weighted by Crippen LogP contribution is 2.17. The molecule has 0 saturated carbocycles. The van der Waals surface area contributed by atoms with E-state index in [4.69, 9.17) is 10.5 Å². The lowest BCUT2D eigenvalue weighted by molar-refractivity contribution is 0.118. The summed E-state index contributed by atoms with van der Waals surface area (Å²) in [6, 6.07) is 7.85. The molecular weight excluding hydrogens is 252 g/mol. The Hall–Kier alpha value is -1.26. The smallest absolute Gasteiger partial charge is 0.119 e. The molecule has 0 spiro atoms. The van der Waals surface area contributed by atoms with Gasteiger partial charge in [0.05, 0.1) is 13.2 Å². The molecule has 0 aromatic heterocycles. The second-order valence-electron chi connectivity index (χ2n) is 5.49. The van der Waals surface area contributed by atoms with Crippen molar-refractivity contribution in [2.75, 3.05) is 32.0 Å². The first kappa shape index (κ1) is 15.1. The van der Waals surface area contributed by atoms with E-state index in [1.807, 2.05) is 24.3 Å². The Morgan fingerprint density at radius 1 is 1.20 bits per heavy atom. The molecule has 0 bridgehead atoms. The summed E-state index contributed by atoms with van der Waals surface area (Å²) < 4.78 is 5.71. The molecule has 0 aliphatic carbocycles. The fourth-order valence-corrected chi connectivity index (χ4v) is 2.76. The van der Waals surface area contributed by atoms with Crippen LogP contribution in [0.3, 0.4) is 0 Å². The van der Waals surface area contributed by atoms with Gasteiger partial charge in [-0.15, -0.1) is 0 Å². The molecule has 1 aliphatic heterocycles. The summed E-state index contributed by atoms with van der Waals surface area (Å²) >= 11 is 0. The number of hydrogen-bond donors (Lipinski definition) is 2. The quantitative estimate of drug-likeness (QED) is 0.619. The zero-order valence-corrected chi connectivity index (χ0v) is 12.1. The van der Waals surface area contributed by atoms with Gasteiger partial charge in [-0.1, -0.05) is 12.8 Å². The third-order valence-corrected chi connectivity index (χ3v) is 3.95. The van der Waals surface area contributed by atoms with Crippen molar-refractivity contribution in [3.8, 4) is 5.75 Å². The molecule has 1 aliphatic rings. The van der Waals surface area contributed by atoms with Crippen LogP contribution in [0.4, 0.5) is 5.69 Å². The predicted octanol–water partition coefficient (Wildman–Crippen LogP) is 2.27. The van der Waals surface area contributed by atoms with Crippen LogP contribution in [0, 0.1) is 0 Å². The van der Waals surface area contributed by atoms with Gasteiger partial charge >= 0.3 is 0 Å². The van der Waals surface area contributed by atoms with E-state index in [0.717, 1.165) is 37.4 Å². The summed E-state index contributed by atoms with van der Waals surface area (Å²) in [5.74, 6) is 0.869. The van der Waals surface area contributed by atoms with Crippen molar-refractivity contribution in [1.82, 2.24) is 4.90 Å². The van der Waals surface area contributed by atoms with Crippen molar-refractivity contribution in [2.24, 2.45) is 0 Å². The SMILES string of the molecule is Nc1ccc(OCCCN2CCCCCC2CO)cc1. The lowest BCUT2D eigenvalue weighted by Crippen LogP contribution is -2.38. The Balaban J connectivity index is 1.70. The van der Waals surface area contributed by atoms with Gasteiger partial charge in [-0.05, 0) is 50.1 Å². The van der Waals surface area contributed by atoms with Crippen LogP contribution < -0.4 is 10.5 Å². The molecule has 4 heteroatoms. The van der Waals surface area contributed by atoms with Crippen LogP contribution in [0.15, 0.2) is 24.3 Å². The zero-order chi connectivity index (χ0) is 14.2. The second kappa shape index (κ2) is 8.12. The molecule has 1 heterocycles. The number of likely N-dealkylation sites (tertiary alicyclic amines) is 1. The molecule has 20 heavy (non-hydrogen) atoms. The van der Waals surface area contributed by atoms with Crippen molar-refractivity contribution >= 4 is 5.69 Å². The highest BCUT2D eigenvalue weighted by Gasteiger charge is 2.19. The Morgan fingerprint density at radius 2 is 2.00 bits per heavy atom. The maximum Gasteiger partial charge on any atom is 0.119 e. The molecule has 0 radical (unpaired) electrons. The minimum Gasteiger partial charge on any atom is -0.494 e. The number of benzene rings is 1. The molecule has 1 aromatic rings. The topological polar surface area (TPSA) is 58.7 Å². The van der Waals surface area contributed by atoms with Crippen LogP contribution in [0.25, 0.3) is 0 Å². The summed E-state index contributed by atoms with van der Waals surface area (Å²) in [5.41, 5.74) is 6.40. The molecule has 4 nitrogen and oxygen atoms in total. The van der Waals surface area contributed by atoms with Gasteiger partial charge in [0.25, 0.3) is 0 Å². The number of hydrogen-bond acceptors (Lipinski definition) is 4. The van der Waals surface area contributed by atoms with Crippen molar-refractivity contribution in [3.63, 3.8) is 0 Å². The molecule has 0 amide bonds. The molecule has 1 fully saturated rings. The van der Waals surface area contributed by atoms with E-state index in [1.165, 1.54) is 19.3 Å². The van der Waals surface area contributed by atoms with E-state index in [2.05, 4.69) is 4.90 Å². The highest BCUT2D eigenvalue weighted by atomic mass is 16.5. The average Bonchev–Trinajstić information content (AvgIpc) is 2.70. The third-order valence-electron chi connectivity index (χ3n) is 3.95. The lowest BCUT2D eigenvalue weighted by atomic mass is 10.1. The van der Waals surface area contributed by atoms with Crippen LogP contribution in [0.5, 0.6) is 5.75 Å². The monoisotopic (exact) mass is 278 g/mol. The van der Waals surface area contributed by atoms with E-state index >= 15 is 0 Å². The summed E-state index contributed by atoms with van der Waals surface area (Å²) in [7, 11) is 0. The molecule has 1 aromatic carbocycles. The van der Waals surface area contributed by atoms with Crippen molar-refractivity contribution in [3.05, 3.63) is 24.3 Å². The normalized spacial score (nSPS) is 20.6. The van der Waals surface area contributed by atoms with Gasteiger partial charge in [0, 0.05) is 18.3 Å². The van der Waals surface area contributed by atoms with Gasteiger partial charge in [-0.25, -0.2) is 0 Å². The van der Waals surface area contributed by atoms with E-state index in [0.29, 0.717) is 12.6 Å². The Labute approximate surface area is 121 Å². The average molecular weight is 278 g/mol. The maximum atomic E-state index is 9.46. The molecule has 1 saturated heterocycles. The number of aliphatic hydroxyl groups excluding tert-OH is 1. The number of aliphatic hydroxyl groups is 1. The second-order valence-corrected chi connectivity index (χ2v) is 5.49.